The average Bonchev–Trinajstić information content (AvgIpc) is 2.71. The summed E-state index contributed by atoms with van der Waals surface area (Å²) in [5.41, 5.74) is 0.918. The lowest BCUT2D eigenvalue weighted by Crippen LogP contribution is -2.42. The van der Waals surface area contributed by atoms with E-state index in [0.29, 0.717) is 12.8 Å². The number of nitrogens with one attached hydrogen (secondary N) is 1. The minimum Gasteiger partial charge on any atom is -0.480 e. The van der Waals surface area contributed by atoms with Gasteiger partial charge in [0.05, 0.1) is 0 Å². The molecular formula is C25H41NO3. The SMILES string of the molecule is CCCCCCCCCCCCCCCC(=O)N[C@@H](Cc1ccccc1)C(=O)O. The van der Waals surface area contributed by atoms with Crippen LogP contribution in [0.1, 0.15) is 102 Å². The summed E-state index contributed by atoms with van der Waals surface area (Å²) in [6.45, 7) is 2.26. The van der Waals surface area contributed by atoms with Crippen molar-refractivity contribution in [3.63, 3.8) is 0 Å². The third-order valence-electron chi connectivity index (χ3n) is 5.42. The molecule has 4 nitrogen and oxygen atoms in total. The molecule has 0 fully saturated rings. The zero-order chi connectivity index (χ0) is 21.2. The molecule has 1 amide bonds. The number of carboxylic acids is 1. The summed E-state index contributed by atoms with van der Waals surface area (Å²) in [4.78, 5) is 23.5. The van der Waals surface area contributed by atoms with Crippen LogP contribution in [0.25, 0.3) is 0 Å². The van der Waals surface area contributed by atoms with Gasteiger partial charge in [0.1, 0.15) is 6.04 Å². The molecule has 164 valence electrons. The number of hydrogen-bond acceptors (Lipinski definition) is 2. The molecular weight excluding hydrogens is 362 g/mol. The number of hydrogen-bond donors (Lipinski definition) is 2. The van der Waals surface area contributed by atoms with E-state index in [9.17, 15) is 14.7 Å². The Morgan fingerprint density at radius 1 is 0.793 bits per heavy atom. The standard InChI is InChI=1S/C25H41NO3/c1-2-3-4-5-6-7-8-9-10-11-12-13-17-20-24(27)26-23(25(28)29)21-22-18-15-14-16-19-22/h14-16,18-19,23H,2-13,17,20-21H2,1H3,(H,26,27)(H,28,29)/t23-/m0/s1. The van der Waals surface area contributed by atoms with Crippen LogP contribution in [0.2, 0.25) is 0 Å². The molecule has 2 N–H and O–H groups in total. The molecule has 0 aromatic heterocycles. The first-order valence-electron chi connectivity index (χ1n) is 11.7. The van der Waals surface area contributed by atoms with Crippen molar-refractivity contribution in [2.45, 2.75) is 109 Å². The second-order valence-corrected chi connectivity index (χ2v) is 8.14. The topological polar surface area (TPSA) is 66.4 Å². The Hall–Kier alpha value is -1.84. The van der Waals surface area contributed by atoms with Crippen LogP contribution in [0.4, 0.5) is 0 Å². The maximum Gasteiger partial charge on any atom is 0.326 e. The van der Waals surface area contributed by atoms with E-state index in [1.165, 1.54) is 64.2 Å². The predicted octanol–water partition coefficient (Wildman–Crippen LogP) is 6.28. The molecule has 0 aliphatic rings. The lowest BCUT2D eigenvalue weighted by Gasteiger charge is -2.14. The molecule has 0 saturated carbocycles. The van der Waals surface area contributed by atoms with Crippen molar-refractivity contribution in [1.82, 2.24) is 5.32 Å². The van der Waals surface area contributed by atoms with Crippen LogP contribution < -0.4 is 5.32 Å². The monoisotopic (exact) mass is 403 g/mol. The van der Waals surface area contributed by atoms with Crippen molar-refractivity contribution in [1.29, 1.82) is 0 Å². The summed E-state index contributed by atoms with van der Waals surface area (Å²) in [6, 6.07) is 8.56. The maximum atomic E-state index is 12.1. The van der Waals surface area contributed by atoms with E-state index < -0.39 is 12.0 Å². The van der Waals surface area contributed by atoms with Crippen LogP contribution in [0.15, 0.2) is 30.3 Å². The van der Waals surface area contributed by atoms with Gasteiger partial charge in [0.25, 0.3) is 0 Å². The highest BCUT2D eigenvalue weighted by Gasteiger charge is 2.19. The molecule has 1 atom stereocenters. The molecule has 29 heavy (non-hydrogen) atoms. The largest absolute Gasteiger partial charge is 0.480 e. The Morgan fingerprint density at radius 3 is 1.76 bits per heavy atom. The van der Waals surface area contributed by atoms with Crippen molar-refractivity contribution >= 4 is 11.9 Å². The molecule has 0 aliphatic heterocycles. The number of amides is 1. The van der Waals surface area contributed by atoms with Gasteiger partial charge in [-0.25, -0.2) is 4.79 Å². The third kappa shape index (κ3) is 13.9. The van der Waals surface area contributed by atoms with E-state index in [0.717, 1.165) is 24.8 Å². The van der Waals surface area contributed by atoms with Gasteiger partial charge in [0, 0.05) is 12.8 Å². The molecule has 0 spiro atoms. The molecule has 1 aromatic carbocycles. The van der Waals surface area contributed by atoms with Gasteiger partial charge in [-0.2, -0.15) is 0 Å². The highest BCUT2D eigenvalue weighted by molar-refractivity contribution is 5.83. The second-order valence-electron chi connectivity index (χ2n) is 8.14. The maximum absolute atomic E-state index is 12.1. The van der Waals surface area contributed by atoms with E-state index in [1.54, 1.807) is 0 Å². The van der Waals surface area contributed by atoms with Crippen molar-refractivity contribution < 1.29 is 14.7 Å². The van der Waals surface area contributed by atoms with Crippen molar-refractivity contribution in [2.75, 3.05) is 0 Å². The van der Waals surface area contributed by atoms with Crippen molar-refractivity contribution in [3.05, 3.63) is 35.9 Å². The first-order chi connectivity index (χ1) is 14.1. The number of carboxylic acid groups (broad SMARTS) is 1. The number of rotatable bonds is 18. The molecule has 0 saturated heterocycles. The summed E-state index contributed by atoms with van der Waals surface area (Å²) in [7, 11) is 0. The fourth-order valence-corrected chi connectivity index (χ4v) is 3.62. The molecule has 0 bridgehead atoms. The fourth-order valence-electron chi connectivity index (χ4n) is 3.62. The zero-order valence-corrected chi connectivity index (χ0v) is 18.3. The van der Waals surface area contributed by atoms with Gasteiger partial charge in [-0.3, -0.25) is 4.79 Å². The zero-order valence-electron chi connectivity index (χ0n) is 18.3. The molecule has 1 aromatic rings. The van der Waals surface area contributed by atoms with Gasteiger partial charge in [0.15, 0.2) is 0 Å². The quantitative estimate of drug-likeness (QED) is 0.283. The Kier molecular flexibility index (Phi) is 14.8. The van der Waals surface area contributed by atoms with Gasteiger partial charge in [0.2, 0.25) is 5.91 Å². The number of aliphatic carboxylic acids is 1. The van der Waals surface area contributed by atoms with Crippen LogP contribution >= 0.6 is 0 Å². The van der Waals surface area contributed by atoms with Crippen LogP contribution in [0.5, 0.6) is 0 Å². The molecule has 1 rings (SSSR count). The first kappa shape index (κ1) is 25.2. The van der Waals surface area contributed by atoms with E-state index in [-0.39, 0.29) is 5.91 Å². The predicted molar refractivity (Wildman–Crippen MR) is 120 cm³/mol. The summed E-state index contributed by atoms with van der Waals surface area (Å²) < 4.78 is 0. The second kappa shape index (κ2) is 17.1. The lowest BCUT2D eigenvalue weighted by molar-refractivity contribution is -0.141. The highest BCUT2D eigenvalue weighted by Crippen LogP contribution is 2.13. The summed E-state index contributed by atoms with van der Waals surface area (Å²) in [6.07, 6.45) is 17.2. The molecule has 4 heteroatoms. The number of carbonyl (C=O) groups is 2. The van der Waals surface area contributed by atoms with Crippen LogP contribution in [-0.2, 0) is 16.0 Å². The van der Waals surface area contributed by atoms with Gasteiger partial charge in [-0.15, -0.1) is 0 Å². The van der Waals surface area contributed by atoms with Crippen LogP contribution in [0, 0.1) is 0 Å². The lowest BCUT2D eigenvalue weighted by atomic mass is 10.0. The highest BCUT2D eigenvalue weighted by atomic mass is 16.4. The smallest absolute Gasteiger partial charge is 0.326 e. The van der Waals surface area contributed by atoms with E-state index >= 15 is 0 Å². The average molecular weight is 404 g/mol. The molecule has 0 unspecified atom stereocenters. The van der Waals surface area contributed by atoms with Crippen molar-refractivity contribution in [3.8, 4) is 0 Å². The van der Waals surface area contributed by atoms with Gasteiger partial charge < -0.3 is 10.4 Å². The minimum absolute atomic E-state index is 0.156. The number of benzene rings is 1. The molecule has 0 radical (unpaired) electrons. The van der Waals surface area contributed by atoms with Gasteiger partial charge in [-0.05, 0) is 12.0 Å². The molecule has 0 heterocycles. The van der Waals surface area contributed by atoms with E-state index in [1.807, 2.05) is 30.3 Å². The van der Waals surface area contributed by atoms with Crippen molar-refractivity contribution in [2.24, 2.45) is 0 Å². The summed E-state index contributed by atoms with van der Waals surface area (Å²) in [5.74, 6) is -1.14. The molecule has 0 aliphatic carbocycles. The Balaban J connectivity index is 2.00. The Labute approximate surface area is 177 Å². The Bertz CT molecular complexity index is 544. The minimum atomic E-state index is -0.979. The number of unbranched alkanes of at least 4 members (excludes halogenated alkanes) is 12. The summed E-state index contributed by atoms with van der Waals surface area (Å²) >= 11 is 0. The summed E-state index contributed by atoms with van der Waals surface area (Å²) in [5, 5.41) is 12.0. The van der Waals surface area contributed by atoms with Gasteiger partial charge in [-0.1, -0.05) is 114 Å². The van der Waals surface area contributed by atoms with E-state index in [4.69, 9.17) is 0 Å². The number of carbonyl (C=O) groups excluding carboxylic acids is 1. The fraction of sp³-hybridized carbons (Fsp3) is 0.680. The van der Waals surface area contributed by atoms with E-state index in [2.05, 4.69) is 12.2 Å². The van der Waals surface area contributed by atoms with Gasteiger partial charge >= 0.3 is 5.97 Å². The normalized spacial score (nSPS) is 11.9. The first-order valence-corrected chi connectivity index (χ1v) is 11.7. The van der Waals surface area contributed by atoms with Crippen LogP contribution in [-0.4, -0.2) is 23.0 Å². The Morgan fingerprint density at radius 2 is 1.28 bits per heavy atom. The van der Waals surface area contributed by atoms with Crippen LogP contribution in [0.3, 0.4) is 0 Å². The third-order valence-corrected chi connectivity index (χ3v) is 5.42.